The van der Waals surface area contributed by atoms with E-state index in [2.05, 4.69) is 4.98 Å². The van der Waals surface area contributed by atoms with Crippen molar-refractivity contribution in [3.63, 3.8) is 0 Å². The van der Waals surface area contributed by atoms with Crippen LogP contribution in [0.4, 0.5) is 4.39 Å². The first kappa shape index (κ1) is 14.8. The molecule has 1 N–H and O–H groups in total. The molecule has 1 amide bonds. The molecule has 0 bridgehead atoms. The number of carbonyl (C=O) groups is 1. The Morgan fingerprint density at radius 1 is 1.25 bits per heavy atom. The van der Waals surface area contributed by atoms with Crippen LogP contribution in [0.5, 0.6) is 5.75 Å². The molecular formula is C19H17FN2O2. The predicted molar refractivity (Wildman–Crippen MR) is 89.7 cm³/mol. The van der Waals surface area contributed by atoms with Crippen molar-refractivity contribution >= 4 is 16.8 Å². The SMILES string of the molecule is COc1ccccc1C(=O)N1CCc2c([nH]c3ccc(F)cc23)C1. The fourth-order valence-electron chi connectivity index (χ4n) is 3.38. The molecule has 0 fully saturated rings. The molecular weight excluding hydrogens is 307 g/mol. The van der Waals surface area contributed by atoms with E-state index in [4.69, 9.17) is 4.74 Å². The van der Waals surface area contributed by atoms with Crippen LogP contribution in [0.2, 0.25) is 0 Å². The fourth-order valence-corrected chi connectivity index (χ4v) is 3.38. The summed E-state index contributed by atoms with van der Waals surface area (Å²) in [6.45, 7) is 1.09. The highest BCUT2D eigenvalue weighted by atomic mass is 19.1. The number of halogens is 1. The molecule has 4 nitrogen and oxygen atoms in total. The maximum Gasteiger partial charge on any atom is 0.257 e. The van der Waals surface area contributed by atoms with Crippen LogP contribution in [0.3, 0.4) is 0 Å². The van der Waals surface area contributed by atoms with Crippen molar-refractivity contribution in [1.82, 2.24) is 9.88 Å². The number of amides is 1. The Morgan fingerprint density at radius 3 is 2.92 bits per heavy atom. The van der Waals surface area contributed by atoms with Gasteiger partial charge in [0.25, 0.3) is 5.91 Å². The lowest BCUT2D eigenvalue weighted by Gasteiger charge is -2.27. The molecule has 0 saturated carbocycles. The minimum Gasteiger partial charge on any atom is -0.496 e. The lowest BCUT2D eigenvalue weighted by atomic mass is 10.0. The van der Waals surface area contributed by atoms with Crippen LogP contribution in [-0.4, -0.2) is 29.4 Å². The van der Waals surface area contributed by atoms with E-state index in [1.807, 2.05) is 12.1 Å². The number of hydrogen-bond acceptors (Lipinski definition) is 2. The van der Waals surface area contributed by atoms with Gasteiger partial charge in [-0.2, -0.15) is 0 Å². The molecule has 2 heterocycles. The van der Waals surface area contributed by atoms with Crippen LogP contribution in [-0.2, 0) is 13.0 Å². The van der Waals surface area contributed by atoms with Gasteiger partial charge in [0.1, 0.15) is 11.6 Å². The van der Waals surface area contributed by atoms with Crippen molar-refractivity contribution in [2.45, 2.75) is 13.0 Å². The fraction of sp³-hybridized carbons (Fsp3) is 0.211. The van der Waals surface area contributed by atoms with Crippen LogP contribution in [0.25, 0.3) is 10.9 Å². The number of nitrogens with one attached hydrogen (secondary N) is 1. The number of benzene rings is 2. The third kappa shape index (κ3) is 2.33. The van der Waals surface area contributed by atoms with Gasteiger partial charge in [-0.3, -0.25) is 4.79 Å². The molecule has 1 aliphatic heterocycles. The minimum absolute atomic E-state index is 0.0528. The van der Waals surface area contributed by atoms with Gasteiger partial charge in [-0.1, -0.05) is 12.1 Å². The summed E-state index contributed by atoms with van der Waals surface area (Å²) in [5.74, 6) is 0.284. The average Bonchev–Trinajstić information content (AvgIpc) is 2.98. The third-order valence-corrected chi connectivity index (χ3v) is 4.56. The quantitative estimate of drug-likeness (QED) is 0.784. The molecule has 0 atom stereocenters. The molecule has 0 unspecified atom stereocenters. The van der Waals surface area contributed by atoms with Gasteiger partial charge < -0.3 is 14.6 Å². The van der Waals surface area contributed by atoms with Gasteiger partial charge in [-0.25, -0.2) is 4.39 Å². The largest absolute Gasteiger partial charge is 0.496 e. The number of aromatic amines is 1. The van der Waals surface area contributed by atoms with Crippen LogP contribution in [0.15, 0.2) is 42.5 Å². The Hall–Kier alpha value is -2.82. The monoisotopic (exact) mass is 324 g/mol. The summed E-state index contributed by atoms with van der Waals surface area (Å²) in [6.07, 6.45) is 0.708. The van der Waals surface area contributed by atoms with Gasteiger partial charge in [0.05, 0.1) is 19.2 Å². The number of H-pyrrole nitrogens is 1. The second-order valence-corrected chi connectivity index (χ2v) is 5.95. The number of carbonyl (C=O) groups excluding carboxylic acids is 1. The number of para-hydroxylation sites is 1. The van der Waals surface area contributed by atoms with E-state index in [9.17, 15) is 9.18 Å². The van der Waals surface area contributed by atoms with Crippen LogP contribution >= 0.6 is 0 Å². The van der Waals surface area contributed by atoms with Gasteiger partial charge >= 0.3 is 0 Å². The highest BCUT2D eigenvalue weighted by Crippen LogP contribution is 2.29. The minimum atomic E-state index is -0.239. The smallest absolute Gasteiger partial charge is 0.257 e. The van der Waals surface area contributed by atoms with Gasteiger partial charge in [-0.15, -0.1) is 0 Å². The Kier molecular flexibility index (Phi) is 3.49. The molecule has 2 aromatic carbocycles. The predicted octanol–water partition coefficient (Wildman–Crippen LogP) is 3.51. The Balaban J connectivity index is 1.67. The number of aromatic nitrogens is 1. The zero-order chi connectivity index (χ0) is 16.7. The summed E-state index contributed by atoms with van der Waals surface area (Å²) in [5, 5.41) is 0.911. The summed E-state index contributed by atoms with van der Waals surface area (Å²) in [7, 11) is 1.56. The van der Waals surface area contributed by atoms with Crippen molar-refractivity contribution < 1.29 is 13.9 Å². The molecule has 4 rings (SSSR count). The molecule has 5 heteroatoms. The lowest BCUT2D eigenvalue weighted by molar-refractivity contribution is 0.0729. The number of ether oxygens (including phenoxy) is 1. The van der Waals surface area contributed by atoms with E-state index in [0.717, 1.165) is 22.2 Å². The van der Waals surface area contributed by atoms with Crippen molar-refractivity contribution in [2.24, 2.45) is 0 Å². The van der Waals surface area contributed by atoms with Gasteiger partial charge in [-0.05, 0) is 42.3 Å². The second-order valence-electron chi connectivity index (χ2n) is 5.95. The summed E-state index contributed by atoms with van der Waals surface area (Å²) >= 11 is 0. The number of hydrogen-bond donors (Lipinski definition) is 1. The summed E-state index contributed by atoms with van der Waals surface area (Å²) in [4.78, 5) is 17.9. The number of nitrogens with zero attached hydrogens (tertiary/aromatic N) is 1. The third-order valence-electron chi connectivity index (χ3n) is 4.56. The van der Waals surface area contributed by atoms with Crippen LogP contribution < -0.4 is 4.74 Å². The van der Waals surface area contributed by atoms with E-state index < -0.39 is 0 Å². The van der Waals surface area contributed by atoms with E-state index in [1.165, 1.54) is 6.07 Å². The Bertz CT molecular complexity index is 932. The topological polar surface area (TPSA) is 45.3 Å². The average molecular weight is 324 g/mol. The van der Waals surface area contributed by atoms with Crippen molar-refractivity contribution in [1.29, 1.82) is 0 Å². The van der Waals surface area contributed by atoms with Gasteiger partial charge in [0.2, 0.25) is 0 Å². The Labute approximate surface area is 138 Å². The first-order valence-electron chi connectivity index (χ1n) is 7.88. The van der Waals surface area contributed by atoms with E-state index in [-0.39, 0.29) is 11.7 Å². The zero-order valence-electron chi connectivity index (χ0n) is 13.3. The number of rotatable bonds is 2. The van der Waals surface area contributed by atoms with Crippen LogP contribution in [0.1, 0.15) is 21.6 Å². The molecule has 1 aromatic heterocycles. The number of fused-ring (bicyclic) bond motifs is 3. The van der Waals surface area contributed by atoms with Crippen molar-refractivity contribution in [3.8, 4) is 5.75 Å². The maximum atomic E-state index is 13.5. The molecule has 24 heavy (non-hydrogen) atoms. The maximum absolute atomic E-state index is 13.5. The van der Waals surface area contributed by atoms with E-state index in [0.29, 0.717) is 30.8 Å². The highest BCUT2D eigenvalue weighted by molar-refractivity contribution is 5.97. The standard InChI is InChI=1S/C19H17FN2O2/c1-24-18-5-3-2-4-14(18)19(23)22-9-8-13-15-10-12(20)6-7-16(15)21-17(13)11-22/h2-7,10,21H,8-9,11H2,1H3. The first-order valence-corrected chi connectivity index (χ1v) is 7.88. The highest BCUT2D eigenvalue weighted by Gasteiger charge is 2.26. The molecule has 122 valence electrons. The molecule has 3 aromatic rings. The number of methoxy groups -OCH3 is 1. The molecule has 0 saturated heterocycles. The van der Waals surface area contributed by atoms with E-state index >= 15 is 0 Å². The molecule has 0 spiro atoms. The molecule has 0 radical (unpaired) electrons. The lowest BCUT2D eigenvalue weighted by Crippen LogP contribution is -2.36. The van der Waals surface area contributed by atoms with Crippen molar-refractivity contribution in [2.75, 3.05) is 13.7 Å². The normalized spacial score (nSPS) is 13.8. The van der Waals surface area contributed by atoms with Crippen LogP contribution in [0, 0.1) is 5.82 Å². The summed E-state index contributed by atoms with van der Waals surface area (Å²) in [6, 6.07) is 12.0. The van der Waals surface area contributed by atoms with Gasteiger partial charge in [0, 0.05) is 23.1 Å². The van der Waals surface area contributed by atoms with Gasteiger partial charge in [0.15, 0.2) is 0 Å². The Morgan fingerprint density at radius 2 is 2.08 bits per heavy atom. The summed E-state index contributed by atoms with van der Waals surface area (Å²) < 4.78 is 18.8. The van der Waals surface area contributed by atoms with Crippen molar-refractivity contribution in [3.05, 3.63) is 65.1 Å². The second kappa shape index (κ2) is 5.67. The summed E-state index contributed by atoms with van der Waals surface area (Å²) in [5.41, 5.74) is 3.55. The molecule has 0 aliphatic carbocycles. The first-order chi connectivity index (χ1) is 11.7. The molecule has 1 aliphatic rings. The van der Waals surface area contributed by atoms with E-state index in [1.54, 1.807) is 36.3 Å². The zero-order valence-corrected chi connectivity index (χ0v) is 13.3.